The summed E-state index contributed by atoms with van der Waals surface area (Å²) in [5, 5.41) is 0. The molecule has 0 spiro atoms. The van der Waals surface area contributed by atoms with E-state index in [1.54, 1.807) is 18.3 Å². The van der Waals surface area contributed by atoms with Gasteiger partial charge in [0.2, 0.25) is 0 Å². The third kappa shape index (κ3) is 1.72. The molecule has 1 aliphatic carbocycles. The molecule has 70 valence electrons. The third-order valence-corrected chi connectivity index (χ3v) is 4.85. The van der Waals surface area contributed by atoms with Crippen LogP contribution < -0.4 is 0 Å². The van der Waals surface area contributed by atoms with Crippen LogP contribution in [0, 0.1) is 0 Å². The normalized spacial score (nSPS) is 17.1. The highest BCUT2D eigenvalue weighted by Crippen LogP contribution is 2.43. The van der Waals surface area contributed by atoms with E-state index < -0.39 is 0 Å². The van der Waals surface area contributed by atoms with E-state index in [4.69, 9.17) is 0 Å². The molecule has 1 aromatic heterocycles. The zero-order valence-electron chi connectivity index (χ0n) is 7.47. The van der Waals surface area contributed by atoms with Crippen LogP contribution in [0.1, 0.15) is 46.7 Å². The first-order valence-corrected chi connectivity index (χ1v) is 6.09. The van der Waals surface area contributed by atoms with E-state index in [0.717, 1.165) is 9.35 Å². The Morgan fingerprint density at radius 3 is 2.69 bits per heavy atom. The molecule has 0 unspecified atom stereocenters. The van der Waals surface area contributed by atoms with E-state index >= 15 is 0 Å². The zero-order valence-corrected chi connectivity index (χ0v) is 9.87. The van der Waals surface area contributed by atoms with Crippen LogP contribution >= 0.6 is 27.3 Å². The number of carbonyl (C=O) groups excluding carboxylic acids is 1. The van der Waals surface area contributed by atoms with Gasteiger partial charge in [-0.2, -0.15) is 0 Å². The summed E-state index contributed by atoms with van der Waals surface area (Å²) < 4.78 is 1.13. The Hall–Kier alpha value is -0.150. The van der Waals surface area contributed by atoms with Crippen molar-refractivity contribution in [3.8, 4) is 0 Å². The smallest absolute Gasteiger partial charge is 0.169 e. The van der Waals surface area contributed by atoms with Gasteiger partial charge >= 0.3 is 0 Å². The molecule has 1 aliphatic rings. The van der Waals surface area contributed by atoms with E-state index in [1.165, 1.54) is 24.1 Å². The van der Waals surface area contributed by atoms with Crippen molar-refractivity contribution in [2.75, 3.05) is 0 Å². The molecule has 0 amide bonds. The molecule has 1 fully saturated rings. The van der Waals surface area contributed by atoms with E-state index in [0.29, 0.717) is 5.92 Å². The van der Waals surface area contributed by atoms with Gasteiger partial charge in [0, 0.05) is 9.35 Å². The van der Waals surface area contributed by atoms with Gasteiger partial charge in [-0.1, -0.05) is 6.42 Å². The quantitative estimate of drug-likeness (QED) is 0.734. The lowest BCUT2D eigenvalue weighted by Gasteiger charge is -2.24. The van der Waals surface area contributed by atoms with Gasteiger partial charge in [-0.15, -0.1) is 11.3 Å². The molecule has 1 saturated carbocycles. The molecule has 0 saturated heterocycles. The molecule has 1 heterocycles. The minimum absolute atomic E-state index is 0.177. The summed E-state index contributed by atoms with van der Waals surface area (Å²) in [6, 6.07) is 1.96. The minimum Gasteiger partial charge on any atom is -0.294 e. The number of rotatable bonds is 2. The van der Waals surface area contributed by atoms with Crippen LogP contribution in [0.15, 0.2) is 10.5 Å². The van der Waals surface area contributed by atoms with Gasteiger partial charge in [-0.25, -0.2) is 0 Å². The van der Waals surface area contributed by atoms with Crippen LogP contribution in [0.3, 0.4) is 0 Å². The molecule has 0 atom stereocenters. The van der Waals surface area contributed by atoms with Crippen LogP contribution in [-0.4, -0.2) is 5.78 Å². The maximum atomic E-state index is 11.1. The first-order valence-electron chi connectivity index (χ1n) is 4.48. The standard InChI is InChI=1S/C10H11BrOS/c1-6(12)9-5-8(11)10(13-9)7-3-2-4-7/h5,7H,2-4H2,1H3. The lowest BCUT2D eigenvalue weighted by atomic mass is 9.84. The Morgan fingerprint density at radius 2 is 2.31 bits per heavy atom. The molecule has 0 aromatic carbocycles. The second-order valence-electron chi connectivity index (χ2n) is 3.51. The van der Waals surface area contributed by atoms with Gasteiger partial charge in [0.1, 0.15) is 0 Å². The molecular formula is C10H11BrOS. The third-order valence-electron chi connectivity index (χ3n) is 2.54. The first kappa shape index (κ1) is 9.41. The van der Waals surface area contributed by atoms with Gasteiger partial charge in [-0.3, -0.25) is 4.79 Å². The maximum Gasteiger partial charge on any atom is 0.169 e. The van der Waals surface area contributed by atoms with Crippen molar-refractivity contribution in [1.29, 1.82) is 0 Å². The fraction of sp³-hybridized carbons (Fsp3) is 0.500. The molecule has 0 bridgehead atoms. The van der Waals surface area contributed by atoms with Crippen molar-refractivity contribution in [2.45, 2.75) is 32.1 Å². The second-order valence-corrected chi connectivity index (χ2v) is 5.44. The van der Waals surface area contributed by atoms with Crippen molar-refractivity contribution >= 4 is 33.0 Å². The maximum absolute atomic E-state index is 11.1. The van der Waals surface area contributed by atoms with Gasteiger partial charge < -0.3 is 0 Å². The second kappa shape index (κ2) is 3.54. The Labute approximate surface area is 90.3 Å². The molecule has 1 aromatic rings. The highest BCUT2D eigenvalue weighted by Gasteiger charge is 2.24. The molecular weight excluding hydrogens is 248 g/mol. The van der Waals surface area contributed by atoms with Crippen LogP contribution in [0.5, 0.6) is 0 Å². The summed E-state index contributed by atoms with van der Waals surface area (Å²) in [6.45, 7) is 1.63. The highest BCUT2D eigenvalue weighted by atomic mass is 79.9. The number of carbonyl (C=O) groups is 1. The predicted molar refractivity (Wildman–Crippen MR) is 58.6 cm³/mol. The van der Waals surface area contributed by atoms with Crippen molar-refractivity contribution < 1.29 is 4.79 Å². The number of halogens is 1. The molecule has 1 nitrogen and oxygen atoms in total. The van der Waals surface area contributed by atoms with Crippen LogP contribution in [0.4, 0.5) is 0 Å². The van der Waals surface area contributed by atoms with Crippen molar-refractivity contribution in [1.82, 2.24) is 0 Å². The number of thiophene rings is 1. The largest absolute Gasteiger partial charge is 0.294 e. The van der Waals surface area contributed by atoms with Gasteiger partial charge in [0.05, 0.1) is 4.88 Å². The fourth-order valence-corrected chi connectivity index (χ4v) is 3.57. The molecule has 3 heteroatoms. The Balaban J connectivity index is 2.29. The minimum atomic E-state index is 0.177. The summed E-state index contributed by atoms with van der Waals surface area (Å²) in [4.78, 5) is 13.4. The van der Waals surface area contributed by atoms with Gasteiger partial charge in [0.15, 0.2) is 5.78 Å². The first-order chi connectivity index (χ1) is 6.18. The van der Waals surface area contributed by atoms with Gasteiger partial charge in [-0.05, 0) is 47.7 Å². The predicted octanol–water partition coefficient (Wildman–Crippen LogP) is 3.98. The zero-order chi connectivity index (χ0) is 9.42. The van der Waals surface area contributed by atoms with Gasteiger partial charge in [0.25, 0.3) is 0 Å². The topological polar surface area (TPSA) is 17.1 Å². The fourth-order valence-electron chi connectivity index (χ4n) is 1.51. The van der Waals surface area contributed by atoms with Crippen LogP contribution in [-0.2, 0) is 0 Å². The van der Waals surface area contributed by atoms with E-state index in [9.17, 15) is 4.79 Å². The Morgan fingerprint density at radius 1 is 1.62 bits per heavy atom. The highest BCUT2D eigenvalue weighted by molar-refractivity contribution is 9.10. The molecule has 2 rings (SSSR count). The lowest BCUT2D eigenvalue weighted by Crippen LogP contribution is -2.07. The Kier molecular flexibility index (Phi) is 2.56. The Bertz CT molecular complexity index is 339. The number of Topliss-reactive ketones (excluding diaryl/α,β-unsaturated/α-hetero) is 1. The summed E-state index contributed by atoms with van der Waals surface area (Å²) in [6.07, 6.45) is 3.91. The average molecular weight is 259 g/mol. The van der Waals surface area contributed by atoms with Crippen LogP contribution in [0.25, 0.3) is 0 Å². The van der Waals surface area contributed by atoms with Crippen LogP contribution in [0.2, 0.25) is 0 Å². The van der Waals surface area contributed by atoms with E-state index in [2.05, 4.69) is 15.9 Å². The number of ketones is 1. The number of hydrogen-bond donors (Lipinski definition) is 0. The summed E-state index contributed by atoms with van der Waals surface area (Å²) >= 11 is 5.17. The molecule has 13 heavy (non-hydrogen) atoms. The summed E-state index contributed by atoms with van der Waals surface area (Å²) in [5.74, 6) is 0.892. The molecule has 0 N–H and O–H groups in total. The number of hydrogen-bond acceptors (Lipinski definition) is 2. The monoisotopic (exact) mass is 258 g/mol. The average Bonchev–Trinajstić information content (AvgIpc) is 2.29. The van der Waals surface area contributed by atoms with Crippen molar-refractivity contribution in [2.24, 2.45) is 0 Å². The summed E-state index contributed by atoms with van der Waals surface area (Å²) in [5.41, 5.74) is 0. The van der Waals surface area contributed by atoms with Crippen molar-refractivity contribution in [3.63, 3.8) is 0 Å². The van der Waals surface area contributed by atoms with E-state index in [1.807, 2.05) is 6.07 Å². The SMILES string of the molecule is CC(=O)c1cc(Br)c(C2CCC2)s1. The van der Waals surface area contributed by atoms with E-state index in [-0.39, 0.29) is 5.78 Å². The summed E-state index contributed by atoms with van der Waals surface area (Å²) in [7, 11) is 0. The van der Waals surface area contributed by atoms with Crippen molar-refractivity contribution in [3.05, 3.63) is 20.3 Å². The molecule has 0 aliphatic heterocycles. The lowest BCUT2D eigenvalue weighted by molar-refractivity contribution is 0.102. The molecule has 0 radical (unpaired) electrons.